The van der Waals surface area contributed by atoms with E-state index in [1.807, 2.05) is 0 Å². The maximum Gasteiger partial charge on any atom is 0.265 e. The number of nitrogens with one attached hydrogen (secondary N) is 1. The minimum atomic E-state index is -3.53. The minimum Gasteiger partial charge on any atom is -0.321 e. The number of nitrogens with zero attached hydrogens (tertiary/aromatic N) is 1. The molecular formula is C13H12Br2N2O3S2. The minimum absolute atomic E-state index is 0.129. The number of carbonyl (C=O) groups excluding carboxylic acids is 1. The first kappa shape index (κ1) is 17.6. The zero-order valence-corrected chi connectivity index (χ0v) is 16.4. The molecule has 5 nitrogen and oxygen atoms in total. The third-order valence-electron chi connectivity index (χ3n) is 2.74. The quantitative estimate of drug-likeness (QED) is 0.743. The summed E-state index contributed by atoms with van der Waals surface area (Å²) in [7, 11) is -0.614. The Balaban J connectivity index is 2.26. The van der Waals surface area contributed by atoms with E-state index in [0.29, 0.717) is 10.6 Å². The predicted molar refractivity (Wildman–Crippen MR) is 95.0 cm³/mol. The molecule has 0 aliphatic rings. The molecule has 0 spiro atoms. The number of rotatable bonds is 4. The van der Waals surface area contributed by atoms with Crippen molar-refractivity contribution in [2.45, 2.75) is 4.90 Å². The van der Waals surface area contributed by atoms with Crippen molar-refractivity contribution in [2.75, 3.05) is 19.4 Å². The van der Waals surface area contributed by atoms with Gasteiger partial charge in [-0.25, -0.2) is 12.7 Å². The fourth-order valence-electron chi connectivity index (χ4n) is 1.60. The summed E-state index contributed by atoms with van der Waals surface area (Å²) in [5.41, 5.74) is 0.425. The van der Waals surface area contributed by atoms with Gasteiger partial charge < -0.3 is 5.32 Å². The van der Waals surface area contributed by atoms with Gasteiger partial charge in [0.05, 0.1) is 13.6 Å². The average molecular weight is 468 g/mol. The van der Waals surface area contributed by atoms with E-state index in [1.54, 1.807) is 18.2 Å². The summed E-state index contributed by atoms with van der Waals surface area (Å²) in [6, 6.07) is 7.86. The number of benzene rings is 1. The fraction of sp³-hybridized carbons (Fsp3) is 0.154. The number of hydrogen-bond acceptors (Lipinski definition) is 4. The van der Waals surface area contributed by atoms with E-state index in [2.05, 4.69) is 37.2 Å². The molecule has 0 saturated heterocycles. The molecule has 1 heterocycles. The second kappa shape index (κ2) is 6.79. The third-order valence-corrected chi connectivity index (χ3v) is 7.81. The Labute approximate surface area is 149 Å². The van der Waals surface area contributed by atoms with Crippen LogP contribution in [-0.2, 0) is 10.0 Å². The number of carbonyl (C=O) groups is 1. The molecule has 0 bridgehead atoms. The summed E-state index contributed by atoms with van der Waals surface area (Å²) in [6.45, 7) is 0. The lowest BCUT2D eigenvalue weighted by Crippen LogP contribution is -2.22. The molecule has 0 radical (unpaired) electrons. The molecular weight excluding hydrogens is 456 g/mol. The van der Waals surface area contributed by atoms with Crippen LogP contribution in [0.5, 0.6) is 0 Å². The molecule has 9 heteroatoms. The van der Waals surface area contributed by atoms with Gasteiger partial charge in [0.2, 0.25) is 10.0 Å². The lowest BCUT2D eigenvalue weighted by molar-refractivity contribution is 0.103. The van der Waals surface area contributed by atoms with Gasteiger partial charge in [-0.05, 0) is 56.1 Å². The van der Waals surface area contributed by atoms with E-state index < -0.39 is 10.0 Å². The van der Waals surface area contributed by atoms with Crippen LogP contribution in [0.3, 0.4) is 0 Å². The number of sulfonamides is 1. The molecule has 2 aromatic rings. The maximum absolute atomic E-state index is 12.2. The summed E-state index contributed by atoms with van der Waals surface area (Å²) in [5.74, 6) is -0.296. The summed E-state index contributed by atoms with van der Waals surface area (Å²) >= 11 is 7.94. The van der Waals surface area contributed by atoms with Crippen LogP contribution in [-0.4, -0.2) is 32.7 Å². The van der Waals surface area contributed by atoms with Crippen molar-refractivity contribution in [3.63, 3.8) is 0 Å². The van der Waals surface area contributed by atoms with Crippen molar-refractivity contribution in [1.82, 2.24) is 4.31 Å². The first-order valence-corrected chi connectivity index (χ1v) is 9.85. The number of amides is 1. The van der Waals surface area contributed by atoms with Crippen molar-refractivity contribution in [3.8, 4) is 0 Å². The highest BCUT2D eigenvalue weighted by Crippen LogP contribution is 2.32. The van der Waals surface area contributed by atoms with Gasteiger partial charge >= 0.3 is 0 Å². The smallest absolute Gasteiger partial charge is 0.265 e. The number of halogens is 2. The topological polar surface area (TPSA) is 66.5 Å². The predicted octanol–water partition coefficient (Wildman–Crippen LogP) is 3.78. The molecule has 1 N–H and O–H groups in total. The Morgan fingerprint density at radius 2 is 1.91 bits per heavy atom. The first-order valence-electron chi connectivity index (χ1n) is 6.00. The van der Waals surface area contributed by atoms with Crippen LogP contribution in [0.1, 0.15) is 9.67 Å². The van der Waals surface area contributed by atoms with Gasteiger partial charge in [-0.15, -0.1) is 11.3 Å². The lowest BCUT2D eigenvalue weighted by Gasteiger charge is -2.12. The Kier molecular flexibility index (Phi) is 5.44. The van der Waals surface area contributed by atoms with Gasteiger partial charge in [-0.3, -0.25) is 4.79 Å². The molecule has 0 unspecified atom stereocenters. The highest BCUT2D eigenvalue weighted by atomic mass is 79.9. The summed E-state index contributed by atoms with van der Waals surface area (Å²) < 4.78 is 26.9. The van der Waals surface area contributed by atoms with Gasteiger partial charge in [0.25, 0.3) is 5.91 Å². The SMILES string of the molecule is CN(C)S(=O)(=O)c1cccc(NC(=O)c2cc(Br)c(Br)s2)c1. The largest absolute Gasteiger partial charge is 0.321 e. The van der Waals surface area contributed by atoms with Crippen LogP contribution < -0.4 is 5.32 Å². The zero-order chi connectivity index (χ0) is 16.5. The van der Waals surface area contributed by atoms with Gasteiger partial charge in [-0.2, -0.15) is 0 Å². The van der Waals surface area contributed by atoms with Gasteiger partial charge in [0.15, 0.2) is 0 Å². The molecule has 0 atom stereocenters. The molecule has 1 aromatic heterocycles. The molecule has 22 heavy (non-hydrogen) atoms. The Bertz CT molecular complexity index is 797. The fourth-order valence-corrected chi connectivity index (χ4v) is 4.48. The van der Waals surface area contributed by atoms with Crippen LogP contribution in [0.25, 0.3) is 0 Å². The number of hydrogen-bond donors (Lipinski definition) is 1. The molecule has 118 valence electrons. The van der Waals surface area contributed by atoms with Crippen LogP contribution in [0.2, 0.25) is 0 Å². The molecule has 0 aliphatic heterocycles. The highest BCUT2D eigenvalue weighted by molar-refractivity contribution is 9.13. The van der Waals surface area contributed by atoms with Crippen LogP contribution in [0.4, 0.5) is 5.69 Å². The van der Waals surface area contributed by atoms with Crippen LogP contribution >= 0.6 is 43.2 Å². The van der Waals surface area contributed by atoms with Crippen molar-refractivity contribution >= 4 is 64.8 Å². The molecule has 2 rings (SSSR count). The van der Waals surface area contributed by atoms with Crippen LogP contribution in [0, 0.1) is 0 Å². The van der Waals surface area contributed by atoms with Crippen LogP contribution in [0.15, 0.2) is 43.5 Å². The molecule has 0 fully saturated rings. The maximum atomic E-state index is 12.2. The van der Waals surface area contributed by atoms with E-state index in [-0.39, 0.29) is 10.8 Å². The normalized spacial score (nSPS) is 11.7. The second-order valence-corrected chi connectivity index (χ2v) is 9.88. The van der Waals surface area contributed by atoms with Gasteiger partial charge in [0.1, 0.15) is 0 Å². The summed E-state index contributed by atoms with van der Waals surface area (Å²) in [6.07, 6.45) is 0. The molecule has 1 aromatic carbocycles. The Hall–Kier alpha value is -0.740. The van der Waals surface area contributed by atoms with E-state index in [9.17, 15) is 13.2 Å². The third kappa shape index (κ3) is 3.77. The van der Waals surface area contributed by atoms with Crippen molar-refractivity contribution in [2.24, 2.45) is 0 Å². The van der Waals surface area contributed by atoms with E-state index in [1.165, 1.54) is 37.6 Å². The lowest BCUT2D eigenvalue weighted by atomic mass is 10.3. The zero-order valence-electron chi connectivity index (χ0n) is 11.6. The van der Waals surface area contributed by atoms with E-state index in [4.69, 9.17) is 0 Å². The Morgan fingerprint density at radius 1 is 1.23 bits per heavy atom. The van der Waals surface area contributed by atoms with E-state index in [0.717, 1.165) is 12.6 Å². The summed E-state index contributed by atoms with van der Waals surface area (Å²) in [4.78, 5) is 12.8. The average Bonchev–Trinajstić information content (AvgIpc) is 2.79. The molecule has 0 aliphatic carbocycles. The van der Waals surface area contributed by atoms with Crippen molar-refractivity contribution in [1.29, 1.82) is 0 Å². The van der Waals surface area contributed by atoms with E-state index >= 15 is 0 Å². The second-order valence-electron chi connectivity index (χ2n) is 4.50. The van der Waals surface area contributed by atoms with Gasteiger partial charge in [-0.1, -0.05) is 6.07 Å². The Morgan fingerprint density at radius 3 is 2.45 bits per heavy atom. The van der Waals surface area contributed by atoms with Crippen molar-refractivity contribution in [3.05, 3.63) is 43.5 Å². The first-order chi connectivity index (χ1) is 10.2. The molecule has 0 saturated carbocycles. The number of thiophene rings is 1. The highest BCUT2D eigenvalue weighted by Gasteiger charge is 2.18. The summed E-state index contributed by atoms with van der Waals surface area (Å²) in [5, 5.41) is 2.70. The standard InChI is InChI=1S/C13H12Br2N2O3S2/c1-17(2)22(19,20)9-5-3-4-8(6-9)16-13(18)11-7-10(14)12(15)21-11/h3-7H,1-2H3,(H,16,18). The van der Waals surface area contributed by atoms with Gasteiger partial charge in [0, 0.05) is 24.3 Å². The number of anilines is 1. The monoisotopic (exact) mass is 466 g/mol. The van der Waals surface area contributed by atoms with Crippen molar-refractivity contribution < 1.29 is 13.2 Å². The molecule has 1 amide bonds.